The van der Waals surface area contributed by atoms with Crippen molar-refractivity contribution >= 4 is 24.1 Å². The second-order valence-corrected chi connectivity index (χ2v) is 9.95. The average Bonchev–Trinajstić information content (AvgIpc) is 2.92. The van der Waals surface area contributed by atoms with E-state index in [-0.39, 0.29) is 18.6 Å². The quantitative estimate of drug-likeness (QED) is 0.251. The van der Waals surface area contributed by atoms with Crippen LogP contribution >= 0.6 is 0 Å². The fourth-order valence-electron chi connectivity index (χ4n) is 3.53. The van der Waals surface area contributed by atoms with Crippen molar-refractivity contribution in [3.63, 3.8) is 0 Å². The van der Waals surface area contributed by atoms with Crippen molar-refractivity contribution in [3.8, 4) is 0 Å². The number of nitrogens with zero attached hydrogens (tertiary/aromatic N) is 4. The topological polar surface area (TPSA) is 112 Å². The highest BCUT2D eigenvalue weighted by Gasteiger charge is 2.19. The Morgan fingerprint density at radius 1 is 1.28 bits per heavy atom. The minimum atomic E-state index is -0.573. The number of benzene rings is 1. The van der Waals surface area contributed by atoms with E-state index >= 15 is 0 Å². The molecule has 9 heteroatoms. The first-order chi connectivity index (χ1) is 18.5. The molecule has 3 N–H and O–H groups in total. The van der Waals surface area contributed by atoms with Crippen molar-refractivity contribution in [2.45, 2.75) is 59.4 Å². The number of aliphatic hydroxyl groups is 1. The van der Waals surface area contributed by atoms with Crippen LogP contribution in [-0.4, -0.2) is 104 Å². The van der Waals surface area contributed by atoms with E-state index in [9.17, 15) is 9.59 Å². The van der Waals surface area contributed by atoms with Crippen LogP contribution in [0.4, 0.5) is 0 Å². The molecule has 9 nitrogen and oxygen atoms in total. The molecule has 0 aromatic heterocycles. The van der Waals surface area contributed by atoms with Crippen LogP contribution in [0.1, 0.15) is 52.2 Å². The van der Waals surface area contributed by atoms with Gasteiger partial charge < -0.3 is 25.4 Å². The standard InChI is InChI=1S/C21H31N5O2.C6H14O2.C3H6/c1-4-19(14-23-17(2)26-10-8-25(16-27)9-11-26)20-7-5-6-18(12-20)15-24(3)21(28)13-22;1-6(2,7)4-5-8-3;1-3-2/h4-7,12,14,16-17H,8-11,13,15,22H2,1-3H3;7H,4-5H2,1-3H3;3H,1H2,2H3/b19-4+,23-14-;;. The number of piperazine rings is 1. The monoisotopic (exact) mass is 545 g/mol. The molecule has 1 fully saturated rings. The minimum absolute atomic E-state index is 0.0158. The molecule has 1 aromatic rings. The summed E-state index contributed by atoms with van der Waals surface area (Å²) in [7, 11) is 3.39. The maximum atomic E-state index is 11.7. The molecular weight excluding hydrogens is 494 g/mol. The maximum Gasteiger partial charge on any atom is 0.236 e. The van der Waals surface area contributed by atoms with Gasteiger partial charge in [-0.15, -0.1) is 6.58 Å². The van der Waals surface area contributed by atoms with Gasteiger partial charge in [0.2, 0.25) is 12.3 Å². The minimum Gasteiger partial charge on any atom is -0.390 e. The Kier molecular flexibility index (Phi) is 18.6. The van der Waals surface area contributed by atoms with E-state index in [0.29, 0.717) is 19.6 Å². The zero-order chi connectivity index (χ0) is 29.8. The molecule has 0 spiro atoms. The molecule has 0 saturated carbocycles. The van der Waals surface area contributed by atoms with E-state index in [1.165, 1.54) is 0 Å². The lowest BCUT2D eigenvalue weighted by atomic mass is 10.0. The highest BCUT2D eigenvalue weighted by Crippen LogP contribution is 2.17. The van der Waals surface area contributed by atoms with Gasteiger partial charge in [-0.1, -0.05) is 30.4 Å². The third-order valence-corrected chi connectivity index (χ3v) is 5.97. The Labute approximate surface area is 236 Å². The Balaban J connectivity index is 0.00000111. The SMILES string of the molecule is C/C=C(\C=N/C(C)N1CCN(C=O)CC1)c1cccc(CN(C)C(=O)CN)c1.C=CC.COCCC(C)(C)O. The van der Waals surface area contributed by atoms with Crippen molar-refractivity contribution in [2.75, 3.05) is 53.5 Å². The first kappa shape index (κ1) is 36.1. The summed E-state index contributed by atoms with van der Waals surface area (Å²) in [6, 6.07) is 8.12. The van der Waals surface area contributed by atoms with Crippen LogP contribution in [0.25, 0.3) is 5.57 Å². The number of hydrogen-bond acceptors (Lipinski definition) is 7. The van der Waals surface area contributed by atoms with Crippen molar-refractivity contribution < 1.29 is 19.4 Å². The molecule has 39 heavy (non-hydrogen) atoms. The number of carbonyl (C=O) groups excluding carboxylic acids is 2. The van der Waals surface area contributed by atoms with Crippen LogP contribution in [0, 0.1) is 0 Å². The fourth-order valence-corrected chi connectivity index (χ4v) is 3.53. The van der Waals surface area contributed by atoms with Crippen LogP contribution in [0.2, 0.25) is 0 Å². The Morgan fingerprint density at radius 2 is 1.90 bits per heavy atom. The van der Waals surface area contributed by atoms with E-state index in [2.05, 4.69) is 24.5 Å². The van der Waals surface area contributed by atoms with Crippen LogP contribution in [0.3, 0.4) is 0 Å². The third-order valence-electron chi connectivity index (χ3n) is 5.97. The van der Waals surface area contributed by atoms with Gasteiger partial charge in [-0.25, -0.2) is 0 Å². The number of amides is 2. The summed E-state index contributed by atoms with van der Waals surface area (Å²) in [6.45, 7) is 17.2. The molecule has 2 amide bonds. The highest BCUT2D eigenvalue weighted by molar-refractivity contribution is 6.09. The number of carbonyl (C=O) groups is 2. The molecule has 1 heterocycles. The van der Waals surface area contributed by atoms with Crippen molar-refractivity contribution in [3.05, 3.63) is 54.1 Å². The average molecular weight is 546 g/mol. The molecule has 1 unspecified atom stereocenters. The summed E-state index contributed by atoms with van der Waals surface area (Å²) in [4.78, 5) is 33.0. The van der Waals surface area contributed by atoms with Gasteiger partial charge in [-0.2, -0.15) is 0 Å². The lowest BCUT2D eigenvalue weighted by Gasteiger charge is -2.34. The first-order valence-corrected chi connectivity index (χ1v) is 13.4. The van der Waals surface area contributed by atoms with E-state index in [0.717, 1.165) is 49.3 Å². The first-order valence-electron chi connectivity index (χ1n) is 13.4. The van der Waals surface area contributed by atoms with E-state index in [4.69, 9.17) is 20.6 Å². The molecule has 1 saturated heterocycles. The van der Waals surface area contributed by atoms with Crippen molar-refractivity contribution in [1.82, 2.24) is 14.7 Å². The number of nitrogens with two attached hydrogens (primary N) is 1. The summed E-state index contributed by atoms with van der Waals surface area (Å²) in [6.07, 6.45) is 7.36. The molecule has 0 bridgehead atoms. The van der Waals surface area contributed by atoms with Gasteiger partial charge in [0.1, 0.15) is 0 Å². The van der Waals surface area contributed by atoms with Crippen molar-refractivity contribution in [1.29, 1.82) is 0 Å². The summed E-state index contributed by atoms with van der Waals surface area (Å²) in [5.74, 6) is -0.0817. The van der Waals surface area contributed by atoms with Gasteiger partial charge in [0.05, 0.1) is 18.3 Å². The smallest absolute Gasteiger partial charge is 0.236 e. The number of allylic oxidation sites excluding steroid dienone is 3. The summed E-state index contributed by atoms with van der Waals surface area (Å²) in [5, 5.41) is 9.07. The number of likely N-dealkylation sites (N-methyl/N-ethyl adjacent to an activating group) is 1. The van der Waals surface area contributed by atoms with Crippen LogP contribution < -0.4 is 5.73 Å². The van der Waals surface area contributed by atoms with Gasteiger partial charge in [0.25, 0.3) is 0 Å². The molecular formula is C30H51N5O4. The number of ether oxygens (including phenoxy) is 1. The fraction of sp³-hybridized carbons (Fsp3) is 0.567. The molecule has 1 atom stereocenters. The lowest BCUT2D eigenvalue weighted by Crippen LogP contribution is -2.48. The molecule has 1 aromatic carbocycles. The van der Waals surface area contributed by atoms with E-state index in [1.54, 1.807) is 43.9 Å². The van der Waals surface area contributed by atoms with E-state index < -0.39 is 5.60 Å². The Morgan fingerprint density at radius 3 is 2.36 bits per heavy atom. The number of aliphatic imine (C=N–C) groups is 1. The normalized spacial score (nSPS) is 15.0. The molecule has 220 valence electrons. The third kappa shape index (κ3) is 16.0. The van der Waals surface area contributed by atoms with Crippen LogP contribution in [0.15, 0.2) is 48.0 Å². The van der Waals surface area contributed by atoms with E-state index in [1.807, 2.05) is 44.3 Å². The van der Waals surface area contributed by atoms with Crippen LogP contribution in [0.5, 0.6) is 0 Å². The predicted octanol–water partition coefficient (Wildman–Crippen LogP) is 3.18. The molecule has 0 aliphatic carbocycles. The largest absolute Gasteiger partial charge is 0.390 e. The Hall–Kier alpha value is -2.85. The van der Waals surface area contributed by atoms with Gasteiger partial charge in [-0.05, 0) is 63.8 Å². The predicted molar refractivity (Wildman–Crippen MR) is 161 cm³/mol. The van der Waals surface area contributed by atoms with Gasteiger partial charge >= 0.3 is 0 Å². The zero-order valence-electron chi connectivity index (χ0n) is 25.1. The Bertz CT molecular complexity index is 903. The molecule has 0 radical (unpaired) electrons. The second-order valence-electron chi connectivity index (χ2n) is 9.95. The van der Waals surface area contributed by atoms with Gasteiger partial charge in [-0.3, -0.25) is 19.5 Å². The lowest BCUT2D eigenvalue weighted by molar-refractivity contribution is -0.128. The van der Waals surface area contributed by atoms with Gasteiger partial charge in [0, 0.05) is 59.7 Å². The maximum absolute atomic E-state index is 11.7. The van der Waals surface area contributed by atoms with Crippen LogP contribution in [-0.2, 0) is 20.9 Å². The zero-order valence-corrected chi connectivity index (χ0v) is 25.1. The van der Waals surface area contributed by atoms with Crippen molar-refractivity contribution in [2.24, 2.45) is 10.7 Å². The van der Waals surface area contributed by atoms with Gasteiger partial charge in [0.15, 0.2) is 0 Å². The molecule has 2 rings (SSSR count). The summed E-state index contributed by atoms with van der Waals surface area (Å²) >= 11 is 0. The molecule has 1 aliphatic rings. The second kappa shape index (κ2) is 20.1. The number of hydrogen-bond donors (Lipinski definition) is 2. The number of rotatable bonds is 11. The number of methoxy groups -OCH3 is 1. The molecule has 1 aliphatic heterocycles. The summed E-state index contributed by atoms with van der Waals surface area (Å²) in [5.41, 5.74) is 8.01. The summed E-state index contributed by atoms with van der Waals surface area (Å²) < 4.78 is 4.76. The highest BCUT2D eigenvalue weighted by atomic mass is 16.5.